The van der Waals surface area contributed by atoms with E-state index in [2.05, 4.69) is 9.80 Å². The van der Waals surface area contributed by atoms with Gasteiger partial charge in [-0.25, -0.2) is 0 Å². The van der Waals surface area contributed by atoms with E-state index in [1.807, 2.05) is 0 Å². The van der Waals surface area contributed by atoms with Gasteiger partial charge in [-0.15, -0.1) is 0 Å². The van der Waals surface area contributed by atoms with Crippen molar-refractivity contribution in [2.75, 3.05) is 39.3 Å². The highest BCUT2D eigenvalue weighted by Gasteiger charge is 2.30. The second-order valence-corrected chi connectivity index (χ2v) is 4.59. The van der Waals surface area contributed by atoms with Crippen molar-refractivity contribution in [3.05, 3.63) is 0 Å². The fourth-order valence-corrected chi connectivity index (χ4v) is 2.56. The highest BCUT2D eigenvalue weighted by molar-refractivity contribution is 4.88. The fraction of sp³-hybridized carbons (Fsp3) is 1.00. The molecule has 2 heterocycles. The molecule has 2 aliphatic heterocycles. The zero-order valence-electron chi connectivity index (χ0n) is 8.99. The molecule has 0 spiro atoms. The van der Waals surface area contributed by atoms with Gasteiger partial charge >= 0.3 is 0 Å². The van der Waals surface area contributed by atoms with E-state index < -0.39 is 0 Å². The van der Waals surface area contributed by atoms with Gasteiger partial charge in [0.1, 0.15) is 0 Å². The Morgan fingerprint density at radius 1 is 1.00 bits per heavy atom. The molecule has 14 heavy (non-hydrogen) atoms. The maximum atomic E-state index is 8.79. The average Bonchev–Trinajstić information content (AvgIpc) is 2.38. The topological polar surface area (TPSA) is 26.7 Å². The molecule has 2 aliphatic rings. The molecule has 0 unspecified atom stereocenters. The van der Waals surface area contributed by atoms with E-state index in [1.165, 1.54) is 51.9 Å². The SMILES string of the molecule is OCCN1CC(N2CCCCCC2)C1. The quantitative estimate of drug-likeness (QED) is 0.717. The van der Waals surface area contributed by atoms with Crippen LogP contribution in [0.2, 0.25) is 0 Å². The molecule has 3 heteroatoms. The van der Waals surface area contributed by atoms with Crippen LogP contribution >= 0.6 is 0 Å². The lowest BCUT2D eigenvalue weighted by Gasteiger charge is -2.45. The van der Waals surface area contributed by atoms with Crippen molar-refractivity contribution < 1.29 is 5.11 Å². The summed E-state index contributed by atoms with van der Waals surface area (Å²) in [5.41, 5.74) is 0. The van der Waals surface area contributed by atoms with Crippen LogP contribution in [0.5, 0.6) is 0 Å². The predicted octanol–water partition coefficient (Wildman–Crippen LogP) is 0.539. The van der Waals surface area contributed by atoms with Crippen LogP contribution in [-0.4, -0.2) is 60.3 Å². The van der Waals surface area contributed by atoms with E-state index in [0.29, 0.717) is 6.61 Å². The van der Waals surface area contributed by atoms with Crippen LogP contribution in [0.4, 0.5) is 0 Å². The van der Waals surface area contributed by atoms with Crippen molar-refractivity contribution in [3.63, 3.8) is 0 Å². The lowest BCUT2D eigenvalue weighted by Crippen LogP contribution is -2.59. The second kappa shape index (κ2) is 5.10. The van der Waals surface area contributed by atoms with Crippen LogP contribution in [0.25, 0.3) is 0 Å². The van der Waals surface area contributed by atoms with Crippen molar-refractivity contribution in [1.82, 2.24) is 9.80 Å². The van der Waals surface area contributed by atoms with Gasteiger partial charge in [-0.2, -0.15) is 0 Å². The molecule has 82 valence electrons. The van der Waals surface area contributed by atoms with Gasteiger partial charge in [-0.1, -0.05) is 12.8 Å². The van der Waals surface area contributed by atoms with Gasteiger partial charge in [-0.05, 0) is 25.9 Å². The van der Waals surface area contributed by atoms with E-state index in [1.54, 1.807) is 0 Å². The van der Waals surface area contributed by atoms with Crippen molar-refractivity contribution >= 4 is 0 Å². The monoisotopic (exact) mass is 198 g/mol. The van der Waals surface area contributed by atoms with E-state index in [4.69, 9.17) is 5.11 Å². The minimum Gasteiger partial charge on any atom is -0.395 e. The minimum absolute atomic E-state index is 0.312. The second-order valence-electron chi connectivity index (χ2n) is 4.59. The Labute approximate surface area is 86.7 Å². The normalized spacial score (nSPS) is 27.2. The Hall–Kier alpha value is -0.120. The van der Waals surface area contributed by atoms with Crippen LogP contribution in [0.3, 0.4) is 0 Å². The number of rotatable bonds is 3. The number of likely N-dealkylation sites (tertiary alicyclic amines) is 2. The van der Waals surface area contributed by atoms with Gasteiger partial charge in [0.25, 0.3) is 0 Å². The Morgan fingerprint density at radius 3 is 2.21 bits per heavy atom. The zero-order valence-corrected chi connectivity index (χ0v) is 8.99. The third-order valence-corrected chi connectivity index (χ3v) is 3.51. The highest BCUT2D eigenvalue weighted by atomic mass is 16.3. The summed E-state index contributed by atoms with van der Waals surface area (Å²) in [6.45, 7) is 6.15. The summed E-state index contributed by atoms with van der Waals surface area (Å²) < 4.78 is 0. The maximum absolute atomic E-state index is 8.79. The summed E-state index contributed by atoms with van der Waals surface area (Å²) in [4.78, 5) is 5.00. The molecule has 0 aliphatic carbocycles. The number of aliphatic hydroxyl groups excluding tert-OH is 1. The molecule has 2 saturated heterocycles. The Morgan fingerprint density at radius 2 is 1.64 bits per heavy atom. The molecule has 1 N–H and O–H groups in total. The first-order valence-electron chi connectivity index (χ1n) is 5.97. The van der Waals surface area contributed by atoms with Gasteiger partial charge in [0.2, 0.25) is 0 Å². The van der Waals surface area contributed by atoms with E-state index >= 15 is 0 Å². The highest BCUT2D eigenvalue weighted by Crippen LogP contribution is 2.18. The van der Waals surface area contributed by atoms with Gasteiger partial charge < -0.3 is 5.11 Å². The molecule has 0 atom stereocenters. The minimum atomic E-state index is 0.312. The summed E-state index contributed by atoms with van der Waals surface area (Å²) in [5.74, 6) is 0. The molecule has 0 radical (unpaired) electrons. The van der Waals surface area contributed by atoms with Crippen molar-refractivity contribution in [3.8, 4) is 0 Å². The Kier molecular flexibility index (Phi) is 3.79. The smallest absolute Gasteiger partial charge is 0.0558 e. The van der Waals surface area contributed by atoms with Crippen LogP contribution in [0, 0.1) is 0 Å². The molecule has 0 bridgehead atoms. The Bertz CT molecular complexity index is 161. The van der Waals surface area contributed by atoms with Gasteiger partial charge in [-0.3, -0.25) is 9.80 Å². The van der Waals surface area contributed by atoms with Crippen molar-refractivity contribution in [2.45, 2.75) is 31.7 Å². The zero-order chi connectivity index (χ0) is 9.80. The van der Waals surface area contributed by atoms with Crippen molar-refractivity contribution in [1.29, 1.82) is 0 Å². The fourth-order valence-electron chi connectivity index (χ4n) is 2.56. The molecule has 0 aromatic rings. The first-order valence-corrected chi connectivity index (χ1v) is 5.97. The van der Waals surface area contributed by atoms with E-state index in [-0.39, 0.29) is 0 Å². The molecule has 0 amide bonds. The van der Waals surface area contributed by atoms with Crippen LogP contribution in [0.15, 0.2) is 0 Å². The molecule has 3 nitrogen and oxygen atoms in total. The number of hydrogen-bond donors (Lipinski definition) is 1. The van der Waals surface area contributed by atoms with Crippen LogP contribution in [0.1, 0.15) is 25.7 Å². The number of β-amino-alcohol motifs (C(OH)–C–C–N with tert-alkyl or cyclic N) is 1. The molecule has 2 fully saturated rings. The van der Waals surface area contributed by atoms with Gasteiger partial charge in [0.15, 0.2) is 0 Å². The summed E-state index contributed by atoms with van der Waals surface area (Å²) >= 11 is 0. The molecular formula is C11H22N2O. The first-order chi connectivity index (χ1) is 6.90. The van der Waals surface area contributed by atoms with Crippen LogP contribution < -0.4 is 0 Å². The number of nitrogens with zero attached hydrogens (tertiary/aromatic N) is 2. The summed E-state index contributed by atoms with van der Waals surface area (Å²) in [6, 6.07) is 0.791. The maximum Gasteiger partial charge on any atom is 0.0558 e. The predicted molar refractivity (Wildman–Crippen MR) is 57.4 cm³/mol. The largest absolute Gasteiger partial charge is 0.395 e. The number of aliphatic hydroxyl groups is 1. The molecular weight excluding hydrogens is 176 g/mol. The average molecular weight is 198 g/mol. The lowest BCUT2D eigenvalue weighted by atomic mass is 10.1. The summed E-state index contributed by atoms with van der Waals surface area (Å²) in [6.07, 6.45) is 5.61. The molecule has 0 aromatic heterocycles. The summed E-state index contributed by atoms with van der Waals surface area (Å²) in [5, 5.41) is 8.79. The standard InChI is InChI=1S/C11H22N2O/c14-8-7-12-9-11(10-12)13-5-3-1-2-4-6-13/h11,14H,1-10H2. The number of hydrogen-bond acceptors (Lipinski definition) is 3. The van der Waals surface area contributed by atoms with Gasteiger partial charge in [0.05, 0.1) is 6.61 Å². The first kappa shape index (κ1) is 10.4. The Balaban J connectivity index is 1.69. The van der Waals surface area contributed by atoms with E-state index in [0.717, 1.165) is 12.6 Å². The summed E-state index contributed by atoms with van der Waals surface area (Å²) in [7, 11) is 0. The van der Waals surface area contributed by atoms with Gasteiger partial charge in [0, 0.05) is 25.7 Å². The molecule has 0 saturated carbocycles. The van der Waals surface area contributed by atoms with Crippen molar-refractivity contribution in [2.24, 2.45) is 0 Å². The molecule has 2 rings (SSSR count). The third kappa shape index (κ3) is 2.47. The third-order valence-electron chi connectivity index (χ3n) is 3.51. The van der Waals surface area contributed by atoms with E-state index in [9.17, 15) is 0 Å². The molecule has 0 aromatic carbocycles. The van der Waals surface area contributed by atoms with Crippen LogP contribution in [-0.2, 0) is 0 Å². The lowest BCUT2D eigenvalue weighted by molar-refractivity contribution is 0.0256.